The number of carbonyl (C=O) groups is 3. The predicted molar refractivity (Wildman–Crippen MR) is 57.2 cm³/mol. The number of allylic oxidation sites excluding steroid dienone is 1. The molecule has 0 aromatic rings. The number of esters is 1. The van der Waals surface area contributed by atoms with Crippen molar-refractivity contribution in [3.8, 4) is 0 Å². The molecule has 0 rings (SSSR count). The van der Waals surface area contributed by atoms with Crippen LogP contribution in [0.15, 0.2) is 12.7 Å². The smallest absolute Gasteiger partial charge is 0.303 e. The molecule has 0 radical (unpaired) electrons. The van der Waals surface area contributed by atoms with E-state index in [4.69, 9.17) is 5.73 Å². The van der Waals surface area contributed by atoms with E-state index < -0.39 is 30.4 Å². The molecule has 0 bridgehead atoms. The first-order valence-electron chi connectivity index (χ1n) is 4.80. The van der Waals surface area contributed by atoms with Crippen LogP contribution < -0.4 is 11.1 Å². The van der Waals surface area contributed by atoms with Gasteiger partial charge in [0.05, 0.1) is 0 Å². The first kappa shape index (κ1) is 14.2. The number of nitrogens with two attached hydrogens (primary N) is 1. The van der Waals surface area contributed by atoms with Crippen molar-refractivity contribution in [2.45, 2.75) is 25.8 Å². The lowest BCUT2D eigenvalue weighted by molar-refractivity contribution is -0.146. The van der Waals surface area contributed by atoms with Crippen molar-refractivity contribution in [3.63, 3.8) is 0 Å². The standard InChI is InChI=1S/C10H16N2O4/c1-3-4-5-8(10(11)15)12-9(14)6-16-7(2)13/h3,8H,1,4-6H2,2H3,(H2,11,15)(H,12,14)/t8-/m0/s1. The molecule has 0 unspecified atom stereocenters. The number of carbonyl (C=O) groups excluding carboxylic acids is 3. The van der Waals surface area contributed by atoms with E-state index >= 15 is 0 Å². The molecule has 90 valence electrons. The average molecular weight is 228 g/mol. The van der Waals surface area contributed by atoms with Crippen molar-refractivity contribution in [2.24, 2.45) is 5.73 Å². The van der Waals surface area contributed by atoms with Gasteiger partial charge in [0.2, 0.25) is 5.91 Å². The van der Waals surface area contributed by atoms with Gasteiger partial charge in [0.15, 0.2) is 6.61 Å². The Balaban J connectivity index is 4.07. The summed E-state index contributed by atoms with van der Waals surface area (Å²) in [6.07, 6.45) is 2.56. The van der Waals surface area contributed by atoms with Gasteiger partial charge in [0, 0.05) is 6.92 Å². The summed E-state index contributed by atoms with van der Waals surface area (Å²) in [5.41, 5.74) is 5.09. The molecule has 0 aliphatic rings. The Morgan fingerprint density at radius 2 is 2.12 bits per heavy atom. The van der Waals surface area contributed by atoms with Crippen LogP contribution in [-0.4, -0.2) is 30.4 Å². The zero-order chi connectivity index (χ0) is 12.6. The van der Waals surface area contributed by atoms with E-state index in [1.807, 2.05) is 0 Å². The quantitative estimate of drug-likeness (QED) is 0.452. The predicted octanol–water partition coefficient (Wildman–Crippen LogP) is -0.514. The Hall–Kier alpha value is -1.85. The van der Waals surface area contributed by atoms with Gasteiger partial charge >= 0.3 is 5.97 Å². The molecule has 0 spiro atoms. The lowest BCUT2D eigenvalue weighted by Crippen LogP contribution is -2.45. The summed E-state index contributed by atoms with van der Waals surface area (Å²) < 4.78 is 4.47. The van der Waals surface area contributed by atoms with Gasteiger partial charge in [0.1, 0.15) is 6.04 Å². The Labute approximate surface area is 93.8 Å². The van der Waals surface area contributed by atoms with Crippen molar-refractivity contribution in [1.82, 2.24) is 5.32 Å². The van der Waals surface area contributed by atoms with Crippen LogP contribution in [0.3, 0.4) is 0 Å². The minimum Gasteiger partial charge on any atom is -0.456 e. The highest BCUT2D eigenvalue weighted by molar-refractivity contribution is 5.87. The number of amides is 2. The van der Waals surface area contributed by atoms with E-state index in [1.165, 1.54) is 6.92 Å². The molecule has 0 aliphatic heterocycles. The number of primary amides is 1. The Kier molecular flexibility index (Phi) is 6.58. The van der Waals surface area contributed by atoms with Crippen LogP contribution >= 0.6 is 0 Å². The van der Waals surface area contributed by atoms with Crippen LogP contribution in [0.4, 0.5) is 0 Å². The van der Waals surface area contributed by atoms with Crippen LogP contribution in [0, 0.1) is 0 Å². The number of ether oxygens (including phenoxy) is 1. The number of nitrogens with one attached hydrogen (secondary N) is 1. The molecule has 0 aromatic heterocycles. The lowest BCUT2D eigenvalue weighted by atomic mass is 10.1. The third kappa shape index (κ3) is 6.58. The van der Waals surface area contributed by atoms with Crippen molar-refractivity contribution >= 4 is 17.8 Å². The van der Waals surface area contributed by atoms with Gasteiger partial charge in [-0.25, -0.2) is 0 Å². The fourth-order valence-corrected chi connectivity index (χ4v) is 0.973. The van der Waals surface area contributed by atoms with Crippen molar-refractivity contribution in [3.05, 3.63) is 12.7 Å². The maximum Gasteiger partial charge on any atom is 0.303 e. The minimum absolute atomic E-state index is 0.380. The summed E-state index contributed by atoms with van der Waals surface area (Å²) >= 11 is 0. The van der Waals surface area contributed by atoms with Gasteiger partial charge in [-0.1, -0.05) is 6.08 Å². The molecule has 1 atom stereocenters. The van der Waals surface area contributed by atoms with Crippen molar-refractivity contribution in [1.29, 1.82) is 0 Å². The molecule has 2 amide bonds. The summed E-state index contributed by atoms with van der Waals surface area (Å²) in [4.78, 5) is 32.6. The van der Waals surface area contributed by atoms with Crippen LogP contribution in [0.1, 0.15) is 19.8 Å². The van der Waals surface area contributed by atoms with Gasteiger partial charge in [-0.2, -0.15) is 0 Å². The van der Waals surface area contributed by atoms with Gasteiger partial charge in [-0.15, -0.1) is 6.58 Å². The molecule has 0 heterocycles. The highest BCUT2D eigenvalue weighted by atomic mass is 16.5. The summed E-state index contributed by atoms with van der Waals surface area (Å²) in [5.74, 6) is -1.74. The van der Waals surface area contributed by atoms with Crippen LogP contribution in [0.25, 0.3) is 0 Å². The fourth-order valence-electron chi connectivity index (χ4n) is 0.973. The number of hydrogen-bond donors (Lipinski definition) is 2. The monoisotopic (exact) mass is 228 g/mol. The normalized spacial score (nSPS) is 11.3. The maximum absolute atomic E-state index is 11.2. The fraction of sp³-hybridized carbons (Fsp3) is 0.500. The van der Waals surface area contributed by atoms with E-state index in [0.717, 1.165) is 0 Å². The van der Waals surface area contributed by atoms with E-state index in [1.54, 1.807) is 6.08 Å². The molecule has 0 aromatic carbocycles. The highest BCUT2D eigenvalue weighted by Crippen LogP contribution is 1.97. The van der Waals surface area contributed by atoms with Crippen LogP contribution in [0.2, 0.25) is 0 Å². The topological polar surface area (TPSA) is 98.5 Å². The van der Waals surface area contributed by atoms with E-state index in [-0.39, 0.29) is 0 Å². The molecule has 6 heteroatoms. The third-order valence-corrected chi connectivity index (χ3v) is 1.74. The molecular formula is C10H16N2O4. The molecule has 0 fully saturated rings. The van der Waals surface area contributed by atoms with E-state index in [9.17, 15) is 14.4 Å². The molecule has 16 heavy (non-hydrogen) atoms. The third-order valence-electron chi connectivity index (χ3n) is 1.74. The van der Waals surface area contributed by atoms with Gasteiger partial charge in [-0.3, -0.25) is 14.4 Å². The first-order chi connectivity index (χ1) is 7.47. The van der Waals surface area contributed by atoms with Gasteiger partial charge in [-0.05, 0) is 12.8 Å². The highest BCUT2D eigenvalue weighted by Gasteiger charge is 2.17. The Morgan fingerprint density at radius 3 is 2.56 bits per heavy atom. The zero-order valence-corrected chi connectivity index (χ0v) is 9.19. The first-order valence-corrected chi connectivity index (χ1v) is 4.80. The summed E-state index contributed by atoms with van der Waals surface area (Å²) in [7, 11) is 0. The second kappa shape index (κ2) is 7.44. The largest absolute Gasteiger partial charge is 0.456 e. The number of hydrogen-bond acceptors (Lipinski definition) is 4. The minimum atomic E-state index is -0.763. The Bertz CT molecular complexity index is 289. The molecule has 0 saturated carbocycles. The van der Waals surface area contributed by atoms with E-state index in [0.29, 0.717) is 12.8 Å². The van der Waals surface area contributed by atoms with Crippen molar-refractivity contribution < 1.29 is 19.1 Å². The molecule has 6 nitrogen and oxygen atoms in total. The molecular weight excluding hydrogens is 212 g/mol. The average Bonchev–Trinajstić information content (AvgIpc) is 2.20. The second-order valence-corrected chi connectivity index (χ2v) is 3.17. The maximum atomic E-state index is 11.2. The lowest BCUT2D eigenvalue weighted by Gasteiger charge is -2.14. The molecule has 0 saturated heterocycles. The molecule has 3 N–H and O–H groups in total. The van der Waals surface area contributed by atoms with Crippen LogP contribution in [-0.2, 0) is 19.1 Å². The van der Waals surface area contributed by atoms with E-state index in [2.05, 4.69) is 16.6 Å². The van der Waals surface area contributed by atoms with Crippen LogP contribution in [0.5, 0.6) is 0 Å². The second-order valence-electron chi connectivity index (χ2n) is 3.17. The van der Waals surface area contributed by atoms with Crippen molar-refractivity contribution in [2.75, 3.05) is 6.61 Å². The Morgan fingerprint density at radius 1 is 1.50 bits per heavy atom. The van der Waals surface area contributed by atoms with Gasteiger partial charge < -0.3 is 15.8 Å². The number of rotatable bonds is 7. The SMILES string of the molecule is C=CCC[C@H](NC(=O)COC(C)=O)C(N)=O. The summed E-state index contributed by atoms with van der Waals surface area (Å²) in [6, 6.07) is -0.763. The van der Waals surface area contributed by atoms with Gasteiger partial charge in [0.25, 0.3) is 5.91 Å². The molecule has 0 aliphatic carbocycles. The summed E-state index contributed by atoms with van der Waals surface area (Å²) in [5, 5.41) is 2.37. The zero-order valence-electron chi connectivity index (χ0n) is 9.19. The summed E-state index contributed by atoms with van der Waals surface area (Å²) in [6.45, 7) is 4.28.